The summed E-state index contributed by atoms with van der Waals surface area (Å²) in [6.45, 7) is 0.635. The summed E-state index contributed by atoms with van der Waals surface area (Å²) < 4.78 is 5.94. The number of aromatic hydroxyl groups is 1. The minimum atomic E-state index is -0.681. The molecule has 3 rings (SSSR count). The number of ether oxygens (including phenoxy) is 1. The van der Waals surface area contributed by atoms with Crippen molar-refractivity contribution in [3.8, 4) is 5.75 Å². The molecule has 0 unspecified atom stereocenters. The predicted molar refractivity (Wildman–Crippen MR) is 82.4 cm³/mol. The zero-order valence-electron chi connectivity index (χ0n) is 12.8. The number of nitrogens with one attached hydrogen (secondary N) is 1. The van der Waals surface area contributed by atoms with Crippen molar-refractivity contribution in [2.75, 3.05) is 6.61 Å². The molecule has 1 heterocycles. The van der Waals surface area contributed by atoms with Gasteiger partial charge in [0.25, 0.3) is 5.91 Å². The number of phenolic OH excluding ortho intramolecular Hbond substituents is 1. The maximum absolute atomic E-state index is 12.3. The zero-order chi connectivity index (χ0) is 16.4. The van der Waals surface area contributed by atoms with E-state index in [0.29, 0.717) is 6.61 Å². The molecule has 1 aliphatic carbocycles. The Kier molecular flexibility index (Phi) is 4.21. The van der Waals surface area contributed by atoms with Crippen LogP contribution in [0.4, 0.5) is 5.69 Å². The summed E-state index contributed by atoms with van der Waals surface area (Å²) in [5.41, 5.74) is -0.272. The Morgan fingerprint density at radius 3 is 2.78 bits per heavy atom. The quantitative estimate of drug-likeness (QED) is 0.658. The second-order valence-corrected chi connectivity index (χ2v) is 6.36. The molecule has 1 spiro atoms. The van der Waals surface area contributed by atoms with Crippen LogP contribution < -0.4 is 5.32 Å². The van der Waals surface area contributed by atoms with E-state index < -0.39 is 16.4 Å². The van der Waals surface area contributed by atoms with Crippen molar-refractivity contribution in [1.29, 1.82) is 0 Å². The molecule has 0 aromatic heterocycles. The van der Waals surface area contributed by atoms with Crippen LogP contribution in [-0.4, -0.2) is 34.2 Å². The Morgan fingerprint density at radius 2 is 2.13 bits per heavy atom. The smallest absolute Gasteiger partial charge is 0.310 e. The van der Waals surface area contributed by atoms with Crippen LogP contribution in [0.2, 0.25) is 0 Å². The molecule has 1 saturated heterocycles. The summed E-state index contributed by atoms with van der Waals surface area (Å²) in [6.07, 6.45) is 5.97. The molecule has 1 aromatic carbocycles. The lowest BCUT2D eigenvalue weighted by Gasteiger charge is -2.38. The lowest BCUT2D eigenvalue weighted by Crippen LogP contribution is -2.47. The number of nitrogens with zero attached hydrogens (tertiary/aromatic N) is 1. The van der Waals surface area contributed by atoms with Gasteiger partial charge in [-0.05, 0) is 37.8 Å². The molecule has 1 aliphatic heterocycles. The molecule has 1 amide bonds. The van der Waals surface area contributed by atoms with Gasteiger partial charge in [0.05, 0.1) is 10.5 Å². The van der Waals surface area contributed by atoms with Gasteiger partial charge < -0.3 is 15.2 Å². The third kappa shape index (κ3) is 3.29. The average molecular weight is 320 g/mol. The van der Waals surface area contributed by atoms with E-state index in [0.717, 1.165) is 50.7 Å². The lowest BCUT2D eigenvalue weighted by atomic mass is 9.89. The second kappa shape index (κ2) is 6.16. The van der Waals surface area contributed by atoms with Crippen LogP contribution in [0.3, 0.4) is 0 Å². The average Bonchev–Trinajstić information content (AvgIpc) is 2.94. The van der Waals surface area contributed by atoms with Crippen LogP contribution >= 0.6 is 0 Å². The number of nitro benzene ring substituents is 1. The van der Waals surface area contributed by atoms with E-state index in [1.165, 1.54) is 6.07 Å². The van der Waals surface area contributed by atoms with E-state index in [-0.39, 0.29) is 23.1 Å². The molecule has 7 heteroatoms. The highest BCUT2D eigenvalue weighted by Gasteiger charge is 2.40. The van der Waals surface area contributed by atoms with Gasteiger partial charge in [-0.3, -0.25) is 14.9 Å². The molecule has 0 radical (unpaired) electrons. The van der Waals surface area contributed by atoms with Crippen LogP contribution in [0.1, 0.15) is 48.9 Å². The summed E-state index contributed by atoms with van der Waals surface area (Å²) in [5, 5.41) is 23.3. The number of rotatable bonds is 3. The molecule has 1 saturated carbocycles. The van der Waals surface area contributed by atoms with Crippen molar-refractivity contribution in [1.82, 2.24) is 5.32 Å². The number of carbonyl (C=O) groups excluding carboxylic acids is 1. The first-order valence-electron chi connectivity index (χ1n) is 7.91. The minimum absolute atomic E-state index is 0.0340. The predicted octanol–water partition coefficient (Wildman–Crippen LogP) is 2.52. The highest BCUT2D eigenvalue weighted by molar-refractivity contribution is 5.95. The van der Waals surface area contributed by atoms with E-state index in [2.05, 4.69) is 5.32 Å². The van der Waals surface area contributed by atoms with Crippen molar-refractivity contribution in [3.05, 3.63) is 33.9 Å². The third-order valence-corrected chi connectivity index (χ3v) is 4.78. The number of hydrogen-bond donors (Lipinski definition) is 2. The Hall–Kier alpha value is -2.15. The van der Waals surface area contributed by atoms with Crippen molar-refractivity contribution in [2.45, 2.75) is 50.2 Å². The van der Waals surface area contributed by atoms with Crippen molar-refractivity contribution < 1.29 is 19.6 Å². The fourth-order valence-corrected chi connectivity index (χ4v) is 3.61. The molecule has 0 bridgehead atoms. The maximum atomic E-state index is 12.3. The van der Waals surface area contributed by atoms with E-state index in [4.69, 9.17) is 4.74 Å². The monoisotopic (exact) mass is 320 g/mol. The van der Waals surface area contributed by atoms with Gasteiger partial charge in [0.2, 0.25) is 0 Å². The van der Waals surface area contributed by atoms with Crippen LogP contribution in [0.15, 0.2) is 18.2 Å². The molecule has 124 valence electrons. The molecular formula is C16H20N2O5. The van der Waals surface area contributed by atoms with Gasteiger partial charge in [0.1, 0.15) is 0 Å². The Bertz CT molecular complexity index is 625. The minimum Gasteiger partial charge on any atom is -0.502 e. The van der Waals surface area contributed by atoms with E-state index >= 15 is 0 Å². The number of nitro groups is 1. The SMILES string of the molecule is O=C(N[C@@H]1CCOC2(CCCC2)C1)c1ccc([N+](=O)[O-])c(O)c1. The first-order valence-corrected chi connectivity index (χ1v) is 7.91. The number of carbonyl (C=O) groups is 1. The fourth-order valence-electron chi connectivity index (χ4n) is 3.61. The first kappa shape index (κ1) is 15.7. The van der Waals surface area contributed by atoms with Gasteiger partial charge in [-0.25, -0.2) is 0 Å². The number of benzene rings is 1. The van der Waals surface area contributed by atoms with Crippen LogP contribution in [0.5, 0.6) is 5.75 Å². The number of amides is 1. The van der Waals surface area contributed by atoms with Gasteiger partial charge in [-0.15, -0.1) is 0 Å². The lowest BCUT2D eigenvalue weighted by molar-refractivity contribution is -0.385. The molecule has 7 nitrogen and oxygen atoms in total. The molecule has 2 fully saturated rings. The van der Waals surface area contributed by atoms with Crippen molar-refractivity contribution >= 4 is 11.6 Å². The Labute approximate surface area is 133 Å². The summed E-state index contributed by atoms with van der Waals surface area (Å²) in [4.78, 5) is 22.3. The first-order chi connectivity index (χ1) is 11.0. The van der Waals surface area contributed by atoms with Crippen molar-refractivity contribution in [3.63, 3.8) is 0 Å². The van der Waals surface area contributed by atoms with E-state index in [1.54, 1.807) is 0 Å². The third-order valence-electron chi connectivity index (χ3n) is 4.78. The van der Waals surface area contributed by atoms with Gasteiger partial charge in [-0.1, -0.05) is 12.8 Å². The standard InChI is InChI=1S/C16H20N2O5/c19-14-9-11(3-4-13(14)18(21)22)15(20)17-12-5-8-23-16(10-12)6-1-2-7-16/h3-4,9,12,19H,1-2,5-8,10H2,(H,17,20)/t12-/m1/s1. The maximum Gasteiger partial charge on any atom is 0.310 e. The fraction of sp³-hybridized carbons (Fsp3) is 0.562. The highest BCUT2D eigenvalue weighted by atomic mass is 16.6. The normalized spacial score (nSPS) is 22.9. The summed E-state index contributed by atoms with van der Waals surface area (Å²) >= 11 is 0. The topological polar surface area (TPSA) is 102 Å². The molecule has 23 heavy (non-hydrogen) atoms. The summed E-state index contributed by atoms with van der Waals surface area (Å²) in [7, 11) is 0. The molecule has 1 atom stereocenters. The molecular weight excluding hydrogens is 300 g/mol. The highest BCUT2D eigenvalue weighted by Crippen LogP contribution is 2.40. The van der Waals surface area contributed by atoms with Crippen LogP contribution in [0.25, 0.3) is 0 Å². The summed E-state index contributed by atoms with van der Waals surface area (Å²) in [5.74, 6) is -0.822. The largest absolute Gasteiger partial charge is 0.502 e. The number of hydrogen-bond acceptors (Lipinski definition) is 5. The van der Waals surface area contributed by atoms with E-state index in [9.17, 15) is 20.0 Å². The summed E-state index contributed by atoms with van der Waals surface area (Å²) in [6, 6.07) is 3.68. The van der Waals surface area contributed by atoms with E-state index in [1.807, 2.05) is 0 Å². The Balaban J connectivity index is 1.67. The van der Waals surface area contributed by atoms with Gasteiger partial charge in [0, 0.05) is 24.3 Å². The van der Waals surface area contributed by atoms with Crippen LogP contribution in [0, 0.1) is 10.1 Å². The second-order valence-electron chi connectivity index (χ2n) is 6.36. The van der Waals surface area contributed by atoms with Gasteiger partial charge in [0.15, 0.2) is 5.75 Å². The van der Waals surface area contributed by atoms with Crippen LogP contribution in [-0.2, 0) is 4.74 Å². The van der Waals surface area contributed by atoms with Gasteiger partial charge >= 0.3 is 5.69 Å². The Morgan fingerprint density at radius 1 is 1.39 bits per heavy atom. The van der Waals surface area contributed by atoms with Gasteiger partial charge in [-0.2, -0.15) is 0 Å². The zero-order valence-corrected chi connectivity index (χ0v) is 12.8. The molecule has 1 aromatic rings. The van der Waals surface area contributed by atoms with Crippen molar-refractivity contribution in [2.24, 2.45) is 0 Å². The molecule has 2 N–H and O–H groups in total. The number of phenols is 1. The molecule has 2 aliphatic rings.